The summed E-state index contributed by atoms with van der Waals surface area (Å²) in [6.45, 7) is 19.8. The highest BCUT2D eigenvalue weighted by Crippen LogP contribution is 2.11. The number of nitrogens with zero attached hydrogens (tertiary/aromatic N) is 1. The molecule has 0 radical (unpaired) electrons. The third-order valence-electron chi connectivity index (χ3n) is 8.46. The number of unbranched alkanes of at least 4 members (excludes halogenated alkanes) is 4. The molecule has 292 valence electrons. The van der Waals surface area contributed by atoms with E-state index in [1.165, 1.54) is 0 Å². The molecule has 0 fully saturated rings. The molecule has 0 aromatic carbocycles. The summed E-state index contributed by atoms with van der Waals surface area (Å²) in [5.41, 5.74) is 12.1. The van der Waals surface area contributed by atoms with E-state index in [1.807, 2.05) is 60.3 Å². The number of nitrogens with one attached hydrogen (secondary N) is 4. The van der Waals surface area contributed by atoms with Gasteiger partial charge in [-0.15, -0.1) is 0 Å². The van der Waals surface area contributed by atoms with E-state index in [0.29, 0.717) is 71.1 Å². The molecule has 4 atom stereocenters. The van der Waals surface area contributed by atoms with Gasteiger partial charge in [-0.05, 0) is 68.6 Å². The summed E-state index contributed by atoms with van der Waals surface area (Å²) in [4.78, 5) is 66.6. The van der Waals surface area contributed by atoms with Crippen LogP contribution in [0.4, 0.5) is 0 Å². The van der Waals surface area contributed by atoms with Gasteiger partial charge < -0.3 is 37.6 Å². The van der Waals surface area contributed by atoms with Gasteiger partial charge in [-0.2, -0.15) is 0 Å². The van der Waals surface area contributed by atoms with Crippen molar-refractivity contribution in [3.05, 3.63) is 0 Å². The smallest absolute Gasteiger partial charge is 0.242 e. The Bertz CT molecular complexity index is 925. The summed E-state index contributed by atoms with van der Waals surface area (Å²) in [6, 6.07) is -2.70. The van der Waals surface area contributed by atoms with Gasteiger partial charge in [-0.3, -0.25) is 24.0 Å². The molecule has 0 bridgehead atoms. The number of rotatable bonds is 28. The van der Waals surface area contributed by atoms with Crippen LogP contribution in [0, 0.1) is 23.7 Å². The van der Waals surface area contributed by atoms with Crippen LogP contribution >= 0.6 is 0 Å². The zero-order chi connectivity index (χ0) is 38.2. The molecule has 0 unspecified atom stereocenters. The number of carbonyl (C=O) groups excluding carboxylic acids is 5. The second-order valence-corrected chi connectivity index (χ2v) is 15.7. The monoisotopic (exact) mass is 710 g/mol. The Labute approximate surface area is 304 Å². The van der Waals surface area contributed by atoms with E-state index in [4.69, 9.17) is 11.5 Å². The van der Waals surface area contributed by atoms with Crippen LogP contribution in [0.15, 0.2) is 0 Å². The largest absolute Gasteiger partial charge is 0.354 e. The predicted octanol–water partition coefficient (Wildman–Crippen LogP) is 4.00. The Balaban J connectivity index is 5.24. The van der Waals surface area contributed by atoms with Crippen molar-refractivity contribution in [3.63, 3.8) is 0 Å². The average Bonchev–Trinajstić information content (AvgIpc) is 3.01. The first-order valence-corrected chi connectivity index (χ1v) is 19.4. The highest BCUT2D eigenvalue weighted by atomic mass is 16.2. The summed E-state index contributed by atoms with van der Waals surface area (Å²) in [5, 5.41) is 11.6. The first-order chi connectivity index (χ1) is 23.5. The first kappa shape index (κ1) is 47.3. The lowest BCUT2D eigenvalue weighted by molar-refractivity contribution is -0.131. The fraction of sp³-hybridized carbons (Fsp3) is 0.868. The second-order valence-electron chi connectivity index (χ2n) is 15.7. The molecule has 0 saturated heterocycles. The normalized spacial score (nSPS) is 14.0. The molecule has 0 aromatic rings. The van der Waals surface area contributed by atoms with E-state index in [0.717, 1.165) is 32.1 Å². The number of amides is 5. The molecule has 0 aliphatic carbocycles. The SMILES string of the molecule is CCCCCCCC(=O)N(CCCNC(=O)[C@@H](CC(C)C)NC(=O)[C@H](N)CC(C)C)CCCNC(=O)[C@@H](CC(C)C)NC(=O)[C@H](N)CC(C)C. The van der Waals surface area contributed by atoms with Crippen molar-refractivity contribution in [2.24, 2.45) is 35.1 Å². The van der Waals surface area contributed by atoms with E-state index in [-0.39, 0.29) is 53.2 Å². The number of hydrogen-bond donors (Lipinski definition) is 6. The third-order valence-corrected chi connectivity index (χ3v) is 8.46. The Morgan fingerprint density at radius 1 is 0.520 bits per heavy atom. The minimum Gasteiger partial charge on any atom is -0.354 e. The van der Waals surface area contributed by atoms with Crippen molar-refractivity contribution < 1.29 is 24.0 Å². The van der Waals surface area contributed by atoms with Gasteiger partial charge >= 0.3 is 0 Å². The van der Waals surface area contributed by atoms with Crippen molar-refractivity contribution in [3.8, 4) is 0 Å². The molecule has 0 aliphatic heterocycles. The maximum atomic E-state index is 13.2. The van der Waals surface area contributed by atoms with Crippen LogP contribution in [-0.4, -0.2) is 84.8 Å². The lowest BCUT2D eigenvalue weighted by atomic mass is 10.0. The zero-order valence-corrected chi connectivity index (χ0v) is 33.1. The van der Waals surface area contributed by atoms with Crippen LogP contribution in [0.2, 0.25) is 0 Å². The van der Waals surface area contributed by atoms with Crippen molar-refractivity contribution in [1.29, 1.82) is 0 Å². The van der Waals surface area contributed by atoms with Crippen LogP contribution in [-0.2, 0) is 24.0 Å². The Morgan fingerprint density at radius 3 is 1.26 bits per heavy atom. The number of carbonyl (C=O) groups is 5. The molecule has 0 rings (SSSR count). The molecule has 0 heterocycles. The summed E-state index contributed by atoms with van der Waals surface area (Å²) >= 11 is 0. The molecular formula is C38H75N7O5. The lowest BCUT2D eigenvalue weighted by Gasteiger charge is -2.25. The molecule has 12 nitrogen and oxygen atoms in total. The van der Waals surface area contributed by atoms with Crippen molar-refractivity contribution in [2.75, 3.05) is 26.2 Å². The van der Waals surface area contributed by atoms with E-state index >= 15 is 0 Å². The molecular weight excluding hydrogens is 634 g/mol. The van der Waals surface area contributed by atoms with Gasteiger partial charge in [-0.1, -0.05) is 88.0 Å². The number of hydrogen-bond acceptors (Lipinski definition) is 7. The van der Waals surface area contributed by atoms with Gasteiger partial charge in [0.2, 0.25) is 29.5 Å². The quantitative estimate of drug-likeness (QED) is 0.0662. The summed E-state index contributed by atoms with van der Waals surface area (Å²) < 4.78 is 0. The molecule has 12 heteroatoms. The summed E-state index contributed by atoms with van der Waals surface area (Å²) in [5.74, 6) is -0.186. The van der Waals surface area contributed by atoms with Crippen LogP contribution in [0.25, 0.3) is 0 Å². The van der Waals surface area contributed by atoms with Crippen LogP contribution in [0.3, 0.4) is 0 Å². The summed E-state index contributed by atoms with van der Waals surface area (Å²) in [6.07, 6.45) is 8.85. The zero-order valence-electron chi connectivity index (χ0n) is 33.1. The Kier molecular flexibility index (Phi) is 25.5. The highest BCUT2D eigenvalue weighted by Gasteiger charge is 2.26. The second kappa shape index (κ2) is 27.0. The standard InChI is InChI=1S/C38H75N7O5/c1-10-11-12-13-14-17-34(46)45(20-15-18-41-37(49)32(24-28(6)7)43-35(47)30(39)22-26(2)3)21-16-19-42-38(50)33(25-29(8)9)44-36(48)31(40)23-27(4)5/h26-33H,10-25,39-40H2,1-9H3,(H,41,49)(H,42,50)(H,43,47)(H,44,48)/t30-,31-,32-,33-/m1/s1. The van der Waals surface area contributed by atoms with Gasteiger partial charge in [0.25, 0.3) is 0 Å². The van der Waals surface area contributed by atoms with E-state index in [1.54, 1.807) is 0 Å². The van der Waals surface area contributed by atoms with Crippen molar-refractivity contribution >= 4 is 29.5 Å². The molecule has 0 spiro atoms. The molecule has 50 heavy (non-hydrogen) atoms. The van der Waals surface area contributed by atoms with Crippen molar-refractivity contribution in [2.45, 2.75) is 164 Å². The topological polar surface area (TPSA) is 189 Å². The average molecular weight is 710 g/mol. The molecule has 0 aromatic heterocycles. The fourth-order valence-electron chi connectivity index (χ4n) is 5.80. The fourth-order valence-corrected chi connectivity index (χ4v) is 5.80. The predicted molar refractivity (Wildman–Crippen MR) is 203 cm³/mol. The van der Waals surface area contributed by atoms with Crippen LogP contribution in [0.5, 0.6) is 0 Å². The lowest BCUT2D eigenvalue weighted by Crippen LogP contribution is -2.52. The van der Waals surface area contributed by atoms with E-state index in [9.17, 15) is 24.0 Å². The van der Waals surface area contributed by atoms with Gasteiger partial charge in [-0.25, -0.2) is 0 Å². The van der Waals surface area contributed by atoms with Crippen LogP contribution in [0.1, 0.15) is 139 Å². The van der Waals surface area contributed by atoms with Gasteiger partial charge in [0, 0.05) is 32.6 Å². The van der Waals surface area contributed by atoms with E-state index in [2.05, 4.69) is 28.2 Å². The molecule has 8 N–H and O–H groups in total. The van der Waals surface area contributed by atoms with Gasteiger partial charge in [0.15, 0.2) is 0 Å². The molecule has 0 aliphatic rings. The molecule has 0 saturated carbocycles. The van der Waals surface area contributed by atoms with E-state index < -0.39 is 24.2 Å². The third kappa shape index (κ3) is 22.9. The van der Waals surface area contributed by atoms with Gasteiger partial charge in [0.05, 0.1) is 12.1 Å². The van der Waals surface area contributed by atoms with Gasteiger partial charge in [0.1, 0.15) is 12.1 Å². The maximum Gasteiger partial charge on any atom is 0.242 e. The minimum atomic E-state index is -0.680. The molecule has 5 amide bonds. The van der Waals surface area contributed by atoms with Crippen molar-refractivity contribution in [1.82, 2.24) is 26.2 Å². The number of nitrogens with two attached hydrogens (primary N) is 2. The first-order valence-electron chi connectivity index (χ1n) is 19.4. The van der Waals surface area contributed by atoms with Crippen LogP contribution < -0.4 is 32.7 Å². The Morgan fingerprint density at radius 2 is 0.900 bits per heavy atom. The summed E-state index contributed by atoms with van der Waals surface area (Å²) in [7, 11) is 0. The highest BCUT2D eigenvalue weighted by molar-refractivity contribution is 5.90. The Hall–Kier alpha value is -2.73. The minimum absolute atomic E-state index is 0.0623. The maximum absolute atomic E-state index is 13.2.